The van der Waals surface area contributed by atoms with E-state index < -0.39 is 0 Å². The minimum absolute atomic E-state index is 0.0849. The molecule has 2 aromatic carbocycles. The fourth-order valence-corrected chi connectivity index (χ4v) is 3.01. The first-order valence-corrected chi connectivity index (χ1v) is 7.88. The first-order valence-electron chi connectivity index (χ1n) is 6.74. The highest BCUT2D eigenvalue weighted by molar-refractivity contribution is 6.37. The molecule has 1 fully saturated rings. The van der Waals surface area contributed by atoms with E-state index in [0.717, 1.165) is 10.7 Å². The molecule has 1 atom stereocenters. The van der Waals surface area contributed by atoms with Crippen molar-refractivity contribution in [3.8, 4) is 5.75 Å². The van der Waals surface area contributed by atoms with E-state index in [1.807, 2.05) is 24.3 Å². The molecule has 0 spiro atoms. The van der Waals surface area contributed by atoms with Crippen molar-refractivity contribution < 1.29 is 5.11 Å². The number of halogens is 3. The van der Waals surface area contributed by atoms with Crippen LogP contribution in [0.4, 0.5) is 5.69 Å². The molecule has 21 heavy (non-hydrogen) atoms. The third kappa shape index (κ3) is 3.39. The number of phenols is 1. The normalized spacial score (nSPS) is 15.8. The van der Waals surface area contributed by atoms with Gasteiger partial charge in [0.1, 0.15) is 0 Å². The van der Waals surface area contributed by atoms with Crippen LogP contribution in [-0.2, 0) is 0 Å². The van der Waals surface area contributed by atoms with Crippen LogP contribution in [0.3, 0.4) is 0 Å². The molecule has 0 bridgehead atoms. The second-order valence-corrected chi connectivity index (χ2v) is 6.55. The summed E-state index contributed by atoms with van der Waals surface area (Å²) in [5.41, 5.74) is 1.98. The van der Waals surface area contributed by atoms with Crippen molar-refractivity contribution in [2.24, 2.45) is 5.92 Å². The van der Waals surface area contributed by atoms with Gasteiger partial charge >= 0.3 is 0 Å². The minimum atomic E-state index is -0.0849. The maximum Gasteiger partial charge on any atom is 0.152 e. The van der Waals surface area contributed by atoms with Gasteiger partial charge in [-0.3, -0.25) is 0 Å². The number of phenolic OH excluding ortho intramolecular Hbond substituents is 1. The van der Waals surface area contributed by atoms with Crippen molar-refractivity contribution in [1.82, 2.24) is 0 Å². The van der Waals surface area contributed by atoms with Crippen molar-refractivity contribution in [3.63, 3.8) is 0 Å². The molecule has 2 nitrogen and oxygen atoms in total. The largest absolute Gasteiger partial charge is 0.505 e. The maximum absolute atomic E-state index is 9.63. The molecule has 1 unspecified atom stereocenters. The molecule has 0 aromatic heterocycles. The number of rotatable bonds is 4. The Morgan fingerprint density at radius 2 is 1.57 bits per heavy atom. The van der Waals surface area contributed by atoms with E-state index in [4.69, 9.17) is 34.8 Å². The molecule has 1 aliphatic carbocycles. The summed E-state index contributed by atoms with van der Waals surface area (Å²) in [6.45, 7) is 0. The third-order valence-electron chi connectivity index (χ3n) is 3.66. The number of nitrogens with one attached hydrogen (secondary N) is 1. The molecule has 3 rings (SSSR count). The molecule has 0 aliphatic heterocycles. The SMILES string of the molecule is Oc1c(Cl)cc(NC(c2ccc(Cl)cc2)C2CC2)cc1Cl. The van der Waals surface area contributed by atoms with Crippen LogP contribution < -0.4 is 5.32 Å². The lowest BCUT2D eigenvalue weighted by Gasteiger charge is -2.21. The maximum atomic E-state index is 9.63. The van der Waals surface area contributed by atoms with E-state index >= 15 is 0 Å². The monoisotopic (exact) mass is 341 g/mol. The van der Waals surface area contributed by atoms with Crippen LogP contribution in [0.15, 0.2) is 36.4 Å². The molecule has 0 amide bonds. The highest BCUT2D eigenvalue weighted by atomic mass is 35.5. The Morgan fingerprint density at radius 3 is 2.10 bits per heavy atom. The van der Waals surface area contributed by atoms with Crippen LogP contribution in [0.5, 0.6) is 5.75 Å². The molecule has 2 N–H and O–H groups in total. The van der Waals surface area contributed by atoms with Gasteiger partial charge < -0.3 is 10.4 Å². The first-order chi connectivity index (χ1) is 10.0. The quantitative estimate of drug-likeness (QED) is 0.676. The Kier molecular flexibility index (Phi) is 4.21. The van der Waals surface area contributed by atoms with Gasteiger partial charge in [0.25, 0.3) is 0 Å². The highest BCUT2D eigenvalue weighted by Crippen LogP contribution is 2.44. The minimum Gasteiger partial charge on any atom is -0.505 e. The number of aromatic hydroxyl groups is 1. The zero-order chi connectivity index (χ0) is 15.0. The zero-order valence-corrected chi connectivity index (χ0v) is 13.4. The predicted molar refractivity (Wildman–Crippen MR) is 88.7 cm³/mol. The fraction of sp³-hybridized carbons (Fsp3) is 0.250. The van der Waals surface area contributed by atoms with Gasteiger partial charge in [0.15, 0.2) is 5.75 Å². The molecule has 1 saturated carbocycles. The molecular formula is C16H14Cl3NO. The van der Waals surface area contributed by atoms with Gasteiger partial charge in [0.2, 0.25) is 0 Å². The topological polar surface area (TPSA) is 32.3 Å². The molecule has 0 radical (unpaired) electrons. The first kappa shape index (κ1) is 14.8. The molecule has 2 aromatic rings. The van der Waals surface area contributed by atoms with Crippen molar-refractivity contribution >= 4 is 40.5 Å². The van der Waals surface area contributed by atoms with Gasteiger partial charge in [-0.25, -0.2) is 0 Å². The molecule has 0 heterocycles. The van der Waals surface area contributed by atoms with Crippen molar-refractivity contribution in [3.05, 3.63) is 57.0 Å². The average Bonchev–Trinajstić information content (AvgIpc) is 3.28. The smallest absolute Gasteiger partial charge is 0.152 e. The van der Waals surface area contributed by atoms with Crippen LogP contribution in [0, 0.1) is 5.92 Å². The van der Waals surface area contributed by atoms with Crippen LogP contribution in [-0.4, -0.2) is 5.11 Å². The fourth-order valence-electron chi connectivity index (χ4n) is 2.40. The number of anilines is 1. The summed E-state index contributed by atoms with van der Waals surface area (Å²) in [5.74, 6) is 0.510. The highest BCUT2D eigenvalue weighted by Gasteiger charge is 2.32. The van der Waals surface area contributed by atoms with E-state index in [2.05, 4.69) is 5.32 Å². The summed E-state index contributed by atoms with van der Waals surface area (Å²) in [4.78, 5) is 0. The third-order valence-corrected chi connectivity index (χ3v) is 4.49. The van der Waals surface area contributed by atoms with Crippen LogP contribution in [0.25, 0.3) is 0 Å². The lowest BCUT2D eigenvalue weighted by Crippen LogP contribution is -2.12. The standard InChI is InChI=1S/C16H14Cl3NO/c17-11-5-3-10(4-6-11)15(9-1-2-9)20-12-7-13(18)16(21)14(19)8-12/h3-9,15,20-21H,1-2H2. The van der Waals surface area contributed by atoms with Gasteiger partial charge in [0, 0.05) is 10.7 Å². The summed E-state index contributed by atoms with van der Waals surface area (Å²) in [7, 11) is 0. The summed E-state index contributed by atoms with van der Waals surface area (Å²) < 4.78 is 0. The van der Waals surface area contributed by atoms with Gasteiger partial charge in [0.05, 0.1) is 16.1 Å². The number of hydrogen-bond donors (Lipinski definition) is 2. The summed E-state index contributed by atoms with van der Waals surface area (Å²) in [5, 5.41) is 14.3. The summed E-state index contributed by atoms with van der Waals surface area (Å²) >= 11 is 17.9. The summed E-state index contributed by atoms with van der Waals surface area (Å²) in [6, 6.07) is 11.4. The lowest BCUT2D eigenvalue weighted by atomic mass is 10.0. The Hall–Kier alpha value is -1.09. The number of benzene rings is 2. The Labute approximate surface area is 138 Å². The van der Waals surface area contributed by atoms with Gasteiger partial charge in [-0.1, -0.05) is 46.9 Å². The zero-order valence-electron chi connectivity index (χ0n) is 11.1. The van der Waals surface area contributed by atoms with Crippen molar-refractivity contribution in [1.29, 1.82) is 0 Å². The Balaban J connectivity index is 1.87. The molecule has 110 valence electrons. The van der Waals surface area contributed by atoms with E-state index in [1.54, 1.807) is 12.1 Å². The second-order valence-electron chi connectivity index (χ2n) is 5.30. The van der Waals surface area contributed by atoms with E-state index in [1.165, 1.54) is 18.4 Å². The molecular weight excluding hydrogens is 329 g/mol. The van der Waals surface area contributed by atoms with E-state index in [9.17, 15) is 5.11 Å². The van der Waals surface area contributed by atoms with Gasteiger partial charge in [-0.15, -0.1) is 0 Å². The molecule has 0 saturated heterocycles. The van der Waals surface area contributed by atoms with E-state index in [0.29, 0.717) is 5.92 Å². The Morgan fingerprint density at radius 1 is 1.00 bits per heavy atom. The summed E-state index contributed by atoms with van der Waals surface area (Å²) in [6.07, 6.45) is 2.39. The molecule has 1 aliphatic rings. The van der Waals surface area contributed by atoms with Crippen molar-refractivity contribution in [2.45, 2.75) is 18.9 Å². The van der Waals surface area contributed by atoms with Crippen LogP contribution >= 0.6 is 34.8 Å². The van der Waals surface area contributed by atoms with Gasteiger partial charge in [-0.2, -0.15) is 0 Å². The average molecular weight is 343 g/mol. The van der Waals surface area contributed by atoms with Crippen LogP contribution in [0.1, 0.15) is 24.4 Å². The Bertz CT molecular complexity index is 630. The second kappa shape index (κ2) is 5.96. The number of hydrogen-bond acceptors (Lipinski definition) is 2. The predicted octanol–water partition coefficient (Wildman–Crippen LogP) is 5.92. The van der Waals surface area contributed by atoms with Gasteiger partial charge in [-0.05, 0) is 48.6 Å². The lowest BCUT2D eigenvalue weighted by molar-refractivity contribution is 0.476. The van der Waals surface area contributed by atoms with E-state index in [-0.39, 0.29) is 21.8 Å². The van der Waals surface area contributed by atoms with Crippen LogP contribution in [0.2, 0.25) is 15.1 Å². The molecule has 5 heteroatoms. The van der Waals surface area contributed by atoms with Crippen molar-refractivity contribution in [2.75, 3.05) is 5.32 Å².